The molecule has 0 radical (unpaired) electrons. The summed E-state index contributed by atoms with van der Waals surface area (Å²) in [7, 11) is 0. The molecule has 2 aliphatic rings. The molecule has 184 valence electrons. The van der Waals surface area contributed by atoms with Gasteiger partial charge in [-0.15, -0.1) is 11.8 Å². The molecule has 1 aliphatic carbocycles. The van der Waals surface area contributed by atoms with Gasteiger partial charge in [-0.05, 0) is 55.0 Å². The van der Waals surface area contributed by atoms with Crippen LogP contribution in [0.15, 0.2) is 53.9 Å². The van der Waals surface area contributed by atoms with Crippen molar-refractivity contribution in [2.45, 2.75) is 30.8 Å². The fraction of sp³-hybridized carbons (Fsp3) is 0.370. The quantitative estimate of drug-likeness (QED) is 0.306. The van der Waals surface area contributed by atoms with Crippen molar-refractivity contribution in [1.29, 1.82) is 0 Å². The number of H-pyrrole nitrogens is 1. The third-order valence-electron chi connectivity index (χ3n) is 6.92. The first-order chi connectivity index (χ1) is 17.6. The average molecular weight is 500 g/mol. The second-order valence-corrected chi connectivity index (χ2v) is 10.4. The van der Waals surface area contributed by atoms with Gasteiger partial charge >= 0.3 is 0 Å². The zero-order valence-electron chi connectivity index (χ0n) is 20.4. The summed E-state index contributed by atoms with van der Waals surface area (Å²) >= 11 is 1.61. The van der Waals surface area contributed by atoms with E-state index in [0.29, 0.717) is 18.2 Å². The van der Waals surface area contributed by atoms with Gasteiger partial charge in [0.2, 0.25) is 5.91 Å². The molecule has 4 heterocycles. The van der Waals surface area contributed by atoms with Gasteiger partial charge < -0.3 is 9.88 Å². The summed E-state index contributed by atoms with van der Waals surface area (Å²) in [6, 6.07) is 12.4. The smallest absolute Gasteiger partial charge is 0.225 e. The molecular weight excluding hydrogens is 470 g/mol. The van der Waals surface area contributed by atoms with Gasteiger partial charge in [-0.3, -0.25) is 14.7 Å². The van der Waals surface area contributed by atoms with Gasteiger partial charge in [0.1, 0.15) is 12.2 Å². The maximum absolute atomic E-state index is 12.3. The summed E-state index contributed by atoms with van der Waals surface area (Å²) < 4.78 is 0. The summed E-state index contributed by atoms with van der Waals surface area (Å²) in [5, 5.41) is 0.949. The van der Waals surface area contributed by atoms with E-state index in [1.165, 1.54) is 5.56 Å². The lowest BCUT2D eigenvalue weighted by atomic mass is 10.1. The Morgan fingerprint density at radius 1 is 1.06 bits per heavy atom. The van der Waals surface area contributed by atoms with Crippen molar-refractivity contribution in [3.05, 3.63) is 66.0 Å². The van der Waals surface area contributed by atoms with E-state index < -0.39 is 0 Å². The summed E-state index contributed by atoms with van der Waals surface area (Å²) in [6.45, 7) is 4.39. The number of fused-ring (bicyclic) bond motifs is 1. The van der Waals surface area contributed by atoms with Crippen LogP contribution in [0.4, 0.5) is 0 Å². The molecule has 1 aromatic carbocycles. The summed E-state index contributed by atoms with van der Waals surface area (Å²) in [4.78, 5) is 38.3. The lowest BCUT2D eigenvalue weighted by molar-refractivity contribution is -0.134. The Morgan fingerprint density at radius 3 is 2.72 bits per heavy atom. The molecule has 1 aliphatic heterocycles. The molecule has 1 saturated carbocycles. The second kappa shape index (κ2) is 9.99. The van der Waals surface area contributed by atoms with Crippen LogP contribution >= 0.6 is 11.8 Å². The van der Waals surface area contributed by atoms with Gasteiger partial charge in [0, 0.05) is 62.5 Å². The average Bonchev–Trinajstić information content (AvgIpc) is 3.68. The Hall–Kier alpha value is -3.30. The number of hydrogen-bond acceptors (Lipinski definition) is 7. The summed E-state index contributed by atoms with van der Waals surface area (Å²) in [6.07, 6.45) is 8.30. The number of aromatic nitrogens is 5. The molecule has 1 N–H and O–H groups in total. The molecule has 0 atom stereocenters. The van der Waals surface area contributed by atoms with E-state index in [4.69, 9.17) is 4.98 Å². The van der Waals surface area contributed by atoms with Gasteiger partial charge in [-0.25, -0.2) is 15.0 Å². The minimum atomic E-state index is 0.310. The highest BCUT2D eigenvalue weighted by atomic mass is 32.2. The lowest BCUT2D eigenvalue weighted by Crippen LogP contribution is -2.48. The Morgan fingerprint density at radius 2 is 1.92 bits per heavy atom. The van der Waals surface area contributed by atoms with Gasteiger partial charge in [0.15, 0.2) is 0 Å². The number of aromatic amines is 1. The van der Waals surface area contributed by atoms with Crippen molar-refractivity contribution in [3.63, 3.8) is 0 Å². The number of carbonyl (C=O) groups is 1. The van der Waals surface area contributed by atoms with Crippen molar-refractivity contribution in [2.75, 3.05) is 32.4 Å². The number of pyridine rings is 1. The van der Waals surface area contributed by atoms with Crippen LogP contribution in [0.2, 0.25) is 0 Å². The van der Waals surface area contributed by atoms with E-state index in [1.54, 1.807) is 18.1 Å². The largest absolute Gasteiger partial charge is 0.342 e. The molecule has 0 spiro atoms. The molecule has 36 heavy (non-hydrogen) atoms. The predicted octanol–water partition coefficient (Wildman–Crippen LogP) is 3.78. The van der Waals surface area contributed by atoms with E-state index in [0.717, 1.165) is 84.4 Å². The fourth-order valence-corrected chi connectivity index (χ4v) is 5.16. The third-order valence-corrected chi connectivity index (χ3v) is 7.57. The minimum Gasteiger partial charge on any atom is -0.342 e. The predicted molar refractivity (Wildman–Crippen MR) is 141 cm³/mol. The molecule has 8 nitrogen and oxygen atoms in total. The van der Waals surface area contributed by atoms with Crippen molar-refractivity contribution in [3.8, 4) is 11.3 Å². The molecule has 1 saturated heterocycles. The van der Waals surface area contributed by atoms with E-state index in [1.807, 2.05) is 29.5 Å². The van der Waals surface area contributed by atoms with E-state index in [2.05, 4.69) is 49.1 Å². The molecule has 0 unspecified atom stereocenters. The Kier molecular flexibility index (Phi) is 6.41. The Labute approximate surface area is 214 Å². The van der Waals surface area contributed by atoms with Gasteiger partial charge in [-0.1, -0.05) is 6.07 Å². The zero-order valence-corrected chi connectivity index (χ0v) is 21.2. The number of rotatable bonds is 7. The number of nitrogens with one attached hydrogen (secondary N) is 1. The molecule has 4 aromatic rings. The highest BCUT2D eigenvalue weighted by Gasteiger charge is 2.34. The maximum atomic E-state index is 12.3. The first-order valence-corrected chi connectivity index (χ1v) is 13.7. The van der Waals surface area contributed by atoms with Gasteiger partial charge in [-0.2, -0.15) is 0 Å². The van der Waals surface area contributed by atoms with Crippen LogP contribution in [0.5, 0.6) is 0 Å². The zero-order chi connectivity index (χ0) is 24.5. The summed E-state index contributed by atoms with van der Waals surface area (Å²) in [5.41, 5.74) is 6.10. The number of imidazole rings is 1. The maximum Gasteiger partial charge on any atom is 0.225 e. The topological polar surface area (TPSA) is 90.9 Å². The number of hydrogen-bond donors (Lipinski definition) is 1. The van der Waals surface area contributed by atoms with Crippen LogP contribution in [0.3, 0.4) is 0 Å². The van der Waals surface area contributed by atoms with E-state index in [-0.39, 0.29) is 0 Å². The van der Waals surface area contributed by atoms with Gasteiger partial charge in [0.05, 0.1) is 21.8 Å². The first kappa shape index (κ1) is 23.1. The van der Waals surface area contributed by atoms with Crippen LogP contribution in [0.1, 0.15) is 29.9 Å². The molecular formula is C27H29N7OS. The van der Waals surface area contributed by atoms with Gasteiger partial charge in [0.25, 0.3) is 0 Å². The van der Waals surface area contributed by atoms with Crippen LogP contribution < -0.4 is 0 Å². The second-order valence-electron chi connectivity index (χ2n) is 9.57. The van der Waals surface area contributed by atoms with Crippen LogP contribution in [-0.4, -0.2) is 73.1 Å². The number of thioether (sulfide) groups is 1. The fourth-order valence-electron chi connectivity index (χ4n) is 4.78. The first-order valence-electron chi connectivity index (χ1n) is 12.4. The monoisotopic (exact) mass is 499 g/mol. The SMILES string of the molecule is CSc1cc(-c2ccc3nc(Cc4cc(CN5CCN(C(=O)C6CC6)CC5)ccn4)[nH]c3c2)ncn1. The number of piperazine rings is 1. The molecule has 0 bridgehead atoms. The van der Waals surface area contributed by atoms with Crippen molar-refractivity contribution in [2.24, 2.45) is 5.92 Å². The van der Waals surface area contributed by atoms with Crippen LogP contribution in [0, 0.1) is 5.92 Å². The van der Waals surface area contributed by atoms with E-state index in [9.17, 15) is 4.79 Å². The normalized spacial score (nSPS) is 16.5. The molecule has 6 rings (SSSR count). The number of amides is 1. The van der Waals surface area contributed by atoms with Crippen LogP contribution in [0.25, 0.3) is 22.3 Å². The lowest BCUT2D eigenvalue weighted by Gasteiger charge is -2.35. The van der Waals surface area contributed by atoms with E-state index >= 15 is 0 Å². The van der Waals surface area contributed by atoms with Crippen molar-refractivity contribution >= 4 is 28.7 Å². The molecule has 1 amide bonds. The van der Waals surface area contributed by atoms with Crippen molar-refractivity contribution in [1.82, 2.24) is 34.7 Å². The third kappa shape index (κ3) is 5.12. The molecule has 9 heteroatoms. The molecule has 3 aromatic heterocycles. The Balaban J connectivity index is 1.11. The van der Waals surface area contributed by atoms with Crippen LogP contribution in [-0.2, 0) is 17.8 Å². The number of carbonyl (C=O) groups excluding carboxylic acids is 1. The summed E-state index contributed by atoms with van der Waals surface area (Å²) in [5.74, 6) is 1.57. The number of nitrogens with zero attached hydrogens (tertiary/aromatic N) is 6. The Bertz CT molecular complexity index is 1390. The molecule has 2 fully saturated rings. The number of benzene rings is 1. The highest BCUT2D eigenvalue weighted by molar-refractivity contribution is 7.98. The van der Waals surface area contributed by atoms with Crippen molar-refractivity contribution < 1.29 is 4.79 Å². The highest BCUT2D eigenvalue weighted by Crippen LogP contribution is 2.31. The standard InChI is InChI=1S/C27H29N7OS/c1-36-26-15-23(29-17-30-26)20-4-5-22-24(13-20)32-25(31-22)14-21-12-18(6-7-28-21)16-33-8-10-34(11-9-33)27(35)19-2-3-19/h4-7,12-13,15,17,19H,2-3,8-11,14,16H2,1H3,(H,31,32). The minimum absolute atomic E-state index is 0.310.